The van der Waals surface area contributed by atoms with E-state index in [0.717, 1.165) is 13.2 Å². The van der Waals surface area contributed by atoms with E-state index in [-0.39, 0.29) is 0 Å². The largest absolute Gasteiger partial charge is 0.365 e. The van der Waals surface area contributed by atoms with Crippen LogP contribution in [-0.2, 0) is 9.47 Å². The molecule has 0 atom stereocenters. The van der Waals surface area contributed by atoms with Gasteiger partial charge in [-0.05, 0) is 6.07 Å². The van der Waals surface area contributed by atoms with Gasteiger partial charge in [-0.3, -0.25) is 0 Å². The highest BCUT2D eigenvalue weighted by Gasteiger charge is 1.93. The van der Waals surface area contributed by atoms with Gasteiger partial charge in [-0.25, -0.2) is 0 Å². The van der Waals surface area contributed by atoms with Crippen LogP contribution in [0.1, 0.15) is 0 Å². The molecule has 0 bridgehead atoms. The van der Waals surface area contributed by atoms with Gasteiger partial charge in [0.2, 0.25) is 0 Å². The molecule has 1 saturated heterocycles. The van der Waals surface area contributed by atoms with Crippen molar-refractivity contribution in [3.05, 3.63) is 18.5 Å². The minimum Gasteiger partial charge on any atom is -0.365 e. The molecule has 2 rings (SSSR count). The molecule has 1 aromatic rings. The second kappa shape index (κ2) is 4.96. The highest BCUT2D eigenvalue weighted by atomic mass is 16.7. The zero-order valence-corrected chi connectivity index (χ0v) is 5.53. The second-order valence-corrected chi connectivity index (χ2v) is 1.62. The van der Waals surface area contributed by atoms with E-state index < -0.39 is 0 Å². The second-order valence-electron chi connectivity index (χ2n) is 1.62. The lowest BCUT2D eigenvalue weighted by molar-refractivity contribution is 0.0692. The summed E-state index contributed by atoms with van der Waals surface area (Å²) < 4.78 is 13.8. The molecule has 10 heavy (non-hydrogen) atoms. The van der Waals surface area contributed by atoms with E-state index in [0.29, 0.717) is 6.79 Å². The molecule has 0 saturated carbocycles. The Hall–Kier alpha value is -0.870. The lowest BCUT2D eigenvalue weighted by atomic mass is 10.8. The van der Waals surface area contributed by atoms with Crippen molar-refractivity contribution in [1.29, 1.82) is 0 Å². The third-order valence-electron chi connectivity index (χ3n) is 0.886. The van der Waals surface area contributed by atoms with Gasteiger partial charge in [0, 0.05) is 0 Å². The molecule has 0 aromatic carbocycles. The average molecular weight is 143 g/mol. The number of ether oxygens (including phenoxy) is 2. The fourth-order valence-electron chi connectivity index (χ4n) is 0.470. The lowest BCUT2D eigenvalue weighted by Crippen LogP contribution is -1.79. The van der Waals surface area contributed by atoms with Crippen LogP contribution in [0.3, 0.4) is 0 Å². The van der Waals surface area contributed by atoms with E-state index in [1.807, 2.05) is 0 Å². The van der Waals surface area contributed by atoms with Crippen molar-refractivity contribution in [1.82, 2.24) is 5.16 Å². The van der Waals surface area contributed by atoms with Crippen molar-refractivity contribution in [3.8, 4) is 0 Å². The Labute approximate surface area is 58.7 Å². The van der Waals surface area contributed by atoms with Crippen LogP contribution < -0.4 is 0 Å². The van der Waals surface area contributed by atoms with Gasteiger partial charge in [0.25, 0.3) is 0 Å². The first-order chi connectivity index (χ1) is 5.00. The third-order valence-corrected chi connectivity index (χ3v) is 0.886. The van der Waals surface area contributed by atoms with Crippen LogP contribution in [0.2, 0.25) is 0 Å². The summed E-state index contributed by atoms with van der Waals surface area (Å²) >= 11 is 0. The van der Waals surface area contributed by atoms with E-state index in [2.05, 4.69) is 9.68 Å². The van der Waals surface area contributed by atoms with Crippen LogP contribution in [0.4, 0.5) is 0 Å². The fraction of sp³-hybridized carbons (Fsp3) is 0.500. The molecule has 56 valence electrons. The quantitative estimate of drug-likeness (QED) is 0.535. The summed E-state index contributed by atoms with van der Waals surface area (Å²) in [6, 6.07) is 1.72. The van der Waals surface area contributed by atoms with Gasteiger partial charge in [-0.1, -0.05) is 5.16 Å². The predicted molar refractivity (Wildman–Crippen MR) is 33.3 cm³/mol. The monoisotopic (exact) mass is 143 g/mol. The van der Waals surface area contributed by atoms with Crippen LogP contribution >= 0.6 is 0 Å². The van der Waals surface area contributed by atoms with Crippen molar-refractivity contribution in [2.75, 3.05) is 20.0 Å². The molecule has 0 unspecified atom stereocenters. The standard InChI is InChI=1S/C3H3NO.C3H6O2/c1-2-4-5-3-1;1-2-5-3-4-1/h1-3H;1-3H2. The van der Waals surface area contributed by atoms with E-state index in [1.54, 1.807) is 12.3 Å². The molecule has 0 spiro atoms. The zero-order valence-electron chi connectivity index (χ0n) is 5.53. The maximum Gasteiger partial charge on any atom is 0.146 e. The van der Waals surface area contributed by atoms with E-state index >= 15 is 0 Å². The smallest absolute Gasteiger partial charge is 0.146 e. The maximum absolute atomic E-state index is 4.72. The topological polar surface area (TPSA) is 44.5 Å². The Bertz CT molecular complexity index is 112. The molecule has 0 N–H and O–H groups in total. The highest BCUT2D eigenvalue weighted by molar-refractivity contribution is 4.67. The summed E-state index contributed by atoms with van der Waals surface area (Å²) in [4.78, 5) is 0. The van der Waals surface area contributed by atoms with Crippen molar-refractivity contribution in [2.24, 2.45) is 0 Å². The zero-order chi connectivity index (χ0) is 7.07. The molecule has 2 heterocycles. The van der Waals surface area contributed by atoms with Gasteiger partial charge in [0.1, 0.15) is 13.1 Å². The maximum atomic E-state index is 4.72. The number of hydrogen-bond acceptors (Lipinski definition) is 4. The first-order valence-corrected chi connectivity index (χ1v) is 3.00. The molecule has 1 fully saturated rings. The Kier molecular flexibility index (Phi) is 3.59. The Morgan fingerprint density at radius 3 is 2.20 bits per heavy atom. The van der Waals surface area contributed by atoms with Gasteiger partial charge >= 0.3 is 0 Å². The molecule has 0 radical (unpaired) electrons. The molecule has 4 heteroatoms. The average Bonchev–Trinajstić information content (AvgIpc) is 2.67. The highest BCUT2D eigenvalue weighted by Crippen LogP contribution is 1.85. The number of rotatable bonds is 0. The van der Waals surface area contributed by atoms with Crippen LogP contribution in [-0.4, -0.2) is 25.2 Å². The Morgan fingerprint density at radius 2 is 2.00 bits per heavy atom. The number of nitrogens with zero attached hydrogens (tertiary/aromatic N) is 1. The molecule has 1 aliphatic heterocycles. The minimum absolute atomic E-state index is 0.500. The van der Waals surface area contributed by atoms with Crippen LogP contribution in [0.15, 0.2) is 23.0 Å². The first-order valence-electron chi connectivity index (χ1n) is 3.00. The molecule has 0 amide bonds. The number of hydrogen-bond donors (Lipinski definition) is 0. The summed E-state index contributed by atoms with van der Waals surface area (Å²) in [5.74, 6) is 0. The molecule has 0 aliphatic carbocycles. The Balaban J connectivity index is 0.0000001000. The van der Waals surface area contributed by atoms with Crippen molar-refractivity contribution in [3.63, 3.8) is 0 Å². The number of aromatic nitrogens is 1. The van der Waals surface area contributed by atoms with Crippen molar-refractivity contribution in [2.45, 2.75) is 0 Å². The molecular weight excluding hydrogens is 134 g/mol. The van der Waals surface area contributed by atoms with Gasteiger partial charge in [0.15, 0.2) is 0 Å². The fourth-order valence-corrected chi connectivity index (χ4v) is 0.470. The molecular formula is C6H9NO3. The van der Waals surface area contributed by atoms with E-state index in [4.69, 9.17) is 9.47 Å². The minimum atomic E-state index is 0.500. The van der Waals surface area contributed by atoms with Crippen LogP contribution in [0.5, 0.6) is 0 Å². The summed E-state index contributed by atoms with van der Waals surface area (Å²) in [5, 5.41) is 3.35. The van der Waals surface area contributed by atoms with Gasteiger partial charge in [-0.2, -0.15) is 0 Å². The Morgan fingerprint density at radius 1 is 1.20 bits per heavy atom. The molecule has 1 aromatic heterocycles. The van der Waals surface area contributed by atoms with Gasteiger partial charge < -0.3 is 14.0 Å². The summed E-state index contributed by atoms with van der Waals surface area (Å²) in [5.41, 5.74) is 0. The van der Waals surface area contributed by atoms with E-state index in [1.165, 1.54) is 6.26 Å². The van der Waals surface area contributed by atoms with Gasteiger partial charge in [0.05, 0.1) is 19.4 Å². The van der Waals surface area contributed by atoms with E-state index in [9.17, 15) is 0 Å². The first kappa shape index (κ1) is 7.24. The third kappa shape index (κ3) is 3.21. The van der Waals surface area contributed by atoms with Crippen molar-refractivity contribution < 1.29 is 14.0 Å². The van der Waals surface area contributed by atoms with Gasteiger partial charge in [-0.15, -0.1) is 0 Å². The molecule has 4 nitrogen and oxygen atoms in total. The summed E-state index contributed by atoms with van der Waals surface area (Å²) in [6.07, 6.45) is 3.10. The van der Waals surface area contributed by atoms with Crippen molar-refractivity contribution >= 4 is 0 Å². The van der Waals surface area contributed by atoms with Crippen LogP contribution in [0, 0.1) is 0 Å². The predicted octanol–water partition coefficient (Wildman–Crippen LogP) is 0.665. The summed E-state index contributed by atoms with van der Waals surface area (Å²) in [6.45, 7) is 2.06. The summed E-state index contributed by atoms with van der Waals surface area (Å²) in [7, 11) is 0. The normalized spacial score (nSPS) is 16.0. The lowest BCUT2D eigenvalue weighted by Gasteiger charge is -1.76. The molecule has 1 aliphatic rings. The van der Waals surface area contributed by atoms with Crippen LogP contribution in [0.25, 0.3) is 0 Å². The SMILES string of the molecule is C1COCO1.c1cnoc1.